The minimum Gasteiger partial charge on any atom is -0.356 e. The number of pyridine rings is 1. The van der Waals surface area contributed by atoms with Crippen molar-refractivity contribution < 1.29 is 4.79 Å². The summed E-state index contributed by atoms with van der Waals surface area (Å²) in [6.45, 7) is 0.596. The standard InChI is InChI=1S/C18H23Cl2N3O/c19-14-10-16(20)18-22-15(12-23(18)11-14)8-9-21-17(24)7-6-13-4-2-1-3-5-13/h10-13H,1-9H2,(H,21,24). The summed E-state index contributed by atoms with van der Waals surface area (Å²) < 4.78 is 1.82. The molecule has 1 saturated carbocycles. The number of carbonyl (C=O) groups is 1. The molecule has 0 aliphatic heterocycles. The molecular weight excluding hydrogens is 345 g/mol. The van der Waals surface area contributed by atoms with Gasteiger partial charge >= 0.3 is 0 Å². The van der Waals surface area contributed by atoms with Crippen LogP contribution in [0.15, 0.2) is 18.5 Å². The molecule has 3 rings (SSSR count). The zero-order valence-corrected chi connectivity index (χ0v) is 15.2. The number of rotatable bonds is 6. The lowest BCUT2D eigenvalue weighted by Gasteiger charge is -2.20. The van der Waals surface area contributed by atoms with Crippen LogP contribution in [0.2, 0.25) is 10.0 Å². The number of hydrogen-bond acceptors (Lipinski definition) is 2. The Labute approximate surface area is 152 Å². The van der Waals surface area contributed by atoms with Crippen LogP contribution in [0.3, 0.4) is 0 Å². The lowest BCUT2D eigenvalue weighted by atomic mass is 9.86. The SMILES string of the molecule is O=C(CCC1CCCCC1)NCCc1cn2cc(Cl)cc(Cl)c2n1. The van der Waals surface area contributed by atoms with Crippen LogP contribution in [-0.2, 0) is 11.2 Å². The lowest BCUT2D eigenvalue weighted by Crippen LogP contribution is -2.26. The molecule has 0 radical (unpaired) electrons. The van der Waals surface area contributed by atoms with E-state index in [0.717, 1.165) is 18.0 Å². The lowest BCUT2D eigenvalue weighted by molar-refractivity contribution is -0.121. The molecule has 1 aliphatic rings. The van der Waals surface area contributed by atoms with E-state index in [-0.39, 0.29) is 5.91 Å². The van der Waals surface area contributed by atoms with Gasteiger partial charge in [-0.2, -0.15) is 0 Å². The Kier molecular flexibility index (Phi) is 6.01. The van der Waals surface area contributed by atoms with E-state index < -0.39 is 0 Å². The van der Waals surface area contributed by atoms with Gasteiger partial charge in [0.15, 0.2) is 5.65 Å². The molecule has 6 heteroatoms. The van der Waals surface area contributed by atoms with E-state index in [9.17, 15) is 4.79 Å². The van der Waals surface area contributed by atoms with Crippen molar-refractivity contribution in [3.63, 3.8) is 0 Å². The molecule has 0 aromatic carbocycles. The van der Waals surface area contributed by atoms with Crippen LogP contribution < -0.4 is 5.32 Å². The average Bonchev–Trinajstić information content (AvgIpc) is 2.97. The van der Waals surface area contributed by atoms with Gasteiger partial charge in [-0.25, -0.2) is 4.98 Å². The highest BCUT2D eigenvalue weighted by Crippen LogP contribution is 2.27. The molecule has 4 nitrogen and oxygen atoms in total. The van der Waals surface area contributed by atoms with Crippen molar-refractivity contribution in [1.82, 2.24) is 14.7 Å². The zero-order chi connectivity index (χ0) is 16.9. The van der Waals surface area contributed by atoms with Gasteiger partial charge in [0.05, 0.1) is 15.7 Å². The normalized spacial score (nSPS) is 15.8. The summed E-state index contributed by atoms with van der Waals surface area (Å²) in [6.07, 6.45) is 12.6. The third-order valence-electron chi connectivity index (χ3n) is 4.73. The molecule has 1 aliphatic carbocycles. The van der Waals surface area contributed by atoms with Crippen molar-refractivity contribution in [3.05, 3.63) is 34.2 Å². The summed E-state index contributed by atoms with van der Waals surface area (Å²) in [7, 11) is 0. The van der Waals surface area contributed by atoms with Crippen molar-refractivity contribution in [2.24, 2.45) is 5.92 Å². The van der Waals surface area contributed by atoms with Gasteiger partial charge in [-0.05, 0) is 18.4 Å². The zero-order valence-electron chi connectivity index (χ0n) is 13.7. The molecule has 0 unspecified atom stereocenters. The Morgan fingerprint density at radius 2 is 2.04 bits per heavy atom. The Morgan fingerprint density at radius 1 is 1.25 bits per heavy atom. The number of carbonyl (C=O) groups excluding carboxylic acids is 1. The van der Waals surface area contributed by atoms with Crippen LogP contribution >= 0.6 is 23.2 Å². The second-order valence-electron chi connectivity index (χ2n) is 6.61. The third-order valence-corrected chi connectivity index (χ3v) is 5.22. The highest BCUT2D eigenvalue weighted by Gasteiger charge is 2.14. The molecule has 2 aromatic heterocycles. The number of nitrogens with one attached hydrogen (secondary N) is 1. The highest BCUT2D eigenvalue weighted by molar-refractivity contribution is 6.36. The fourth-order valence-electron chi connectivity index (χ4n) is 3.43. The molecule has 0 atom stereocenters. The minimum absolute atomic E-state index is 0.144. The van der Waals surface area contributed by atoms with Gasteiger partial charge in [0.1, 0.15) is 0 Å². The molecule has 2 heterocycles. The maximum atomic E-state index is 12.0. The number of imidazole rings is 1. The molecule has 24 heavy (non-hydrogen) atoms. The molecule has 1 N–H and O–H groups in total. The largest absolute Gasteiger partial charge is 0.356 e. The number of amides is 1. The summed E-state index contributed by atoms with van der Waals surface area (Å²) in [6, 6.07) is 1.68. The summed E-state index contributed by atoms with van der Waals surface area (Å²) in [5, 5.41) is 4.10. The summed E-state index contributed by atoms with van der Waals surface area (Å²) in [5.41, 5.74) is 1.59. The van der Waals surface area contributed by atoms with Gasteiger partial charge in [0.2, 0.25) is 5.91 Å². The molecule has 0 spiro atoms. The van der Waals surface area contributed by atoms with E-state index in [0.29, 0.717) is 35.1 Å². The van der Waals surface area contributed by atoms with Gasteiger partial charge < -0.3 is 9.72 Å². The first-order valence-corrected chi connectivity index (χ1v) is 9.47. The van der Waals surface area contributed by atoms with Crippen molar-refractivity contribution in [3.8, 4) is 0 Å². The Hall–Kier alpha value is -1.26. The molecule has 0 saturated heterocycles. The van der Waals surface area contributed by atoms with E-state index >= 15 is 0 Å². The van der Waals surface area contributed by atoms with Crippen molar-refractivity contribution in [2.45, 2.75) is 51.4 Å². The Balaban J connectivity index is 1.44. The quantitative estimate of drug-likeness (QED) is 0.806. The van der Waals surface area contributed by atoms with Gasteiger partial charge in [0, 0.05) is 31.8 Å². The predicted octanol–water partition coefficient (Wildman–Crippen LogP) is 4.66. The van der Waals surface area contributed by atoms with Gasteiger partial charge in [-0.15, -0.1) is 0 Å². The van der Waals surface area contributed by atoms with E-state index in [4.69, 9.17) is 23.2 Å². The Morgan fingerprint density at radius 3 is 2.83 bits per heavy atom. The average molecular weight is 368 g/mol. The van der Waals surface area contributed by atoms with Crippen LogP contribution in [0.4, 0.5) is 0 Å². The number of fused-ring (bicyclic) bond motifs is 1. The minimum atomic E-state index is 0.144. The first-order valence-electron chi connectivity index (χ1n) is 8.71. The van der Waals surface area contributed by atoms with Gasteiger partial charge in [-0.1, -0.05) is 55.3 Å². The van der Waals surface area contributed by atoms with E-state index in [1.807, 2.05) is 10.6 Å². The number of hydrogen-bond donors (Lipinski definition) is 1. The van der Waals surface area contributed by atoms with Crippen molar-refractivity contribution in [1.29, 1.82) is 0 Å². The first-order chi connectivity index (χ1) is 11.6. The van der Waals surface area contributed by atoms with Crippen molar-refractivity contribution in [2.75, 3.05) is 6.54 Å². The number of halogens is 2. The fraction of sp³-hybridized carbons (Fsp3) is 0.556. The second-order valence-corrected chi connectivity index (χ2v) is 7.46. The van der Waals surface area contributed by atoms with Crippen molar-refractivity contribution >= 4 is 34.8 Å². The summed E-state index contributed by atoms with van der Waals surface area (Å²) >= 11 is 12.1. The van der Waals surface area contributed by atoms with Crippen LogP contribution in [-0.4, -0.2) is 21.8 Å². The second kappa shape index (κ2) is 8.21. The van der Waals surface area contributed by atoms with Crippen LogP contribution in [0.5, 0.6) is 0 Å². The molecular formula is C18H23Cl2N3O. The summed E-state index contributed by atoms with van der Waals surface area (Å²) in [5.74, 6) is 0.889. The monoisotopic (exact) mass is 367 g/mol. The smallest absolute Gasteiger partial charge is 0.220 e. The van der Waals surface area contributed by atoms with Crippen LogP contribution in [0.1, 0.15) is 50.6 Å². The molecule has 2 aromatic rings. The number of aromatic nitrogens is 2. The topological polar surface area (TPSA) is 46.4 Å². The predicted molar refractivity (Wildman–Crippen MR) is 97.7 cm³/mol. The molecule has 1 fully saturated rings. The maximum absolute atomic E-state index is 12.0. The molecule has 0 bridgehead atoms. The summed E-state index contributed by atoms with van der Waals surface area (Å²) in [4.78, 5) is 16.5. The van der Waals surface area contributed by atoms with Gasteiger partial charge in [-0.3, -0.25) is 4.79 Å². The molecule has 130 valence electrons. The third kappa shape index (κ3) is 4.64. The number of nitrogens with zero attached hydrogens (tertiary/aromatic N) is 2. The molecule has 1 amide bonds. The van der Waals surface area contributed by atoms with E-state index in [1.54, 1.807) is 12.3 Å². The maximum Gasteiger partial charge on any atom is 0.220 e. The first kappa shape index (κ1) is 17.6. The van der Waals surface area contributed by atoms with Crippen LogP contribution in [0.25, 0.3) is 5.65 Å². The Bertz CT molecular complexity index is 708. The van der Waals surface area contributed by atoms with Gasteiger partial charge in [0.25, 0.3) is 0 Å². The van der Waals surface area contributed by atoms with E-state index in [1.165, 1.54) is 32.1 Å². The fourth-order valence-corrected chi connectivity index (χ4v) is 3.95. The highest BCUT2D eigenvalue weighted by atomic mass is 35.5. The van der Waals surface area contributed by atoms with Crippen LogP contribution in [0, 0.1) is 5.92 Å². The van der Waals surface area contributed by atoms with E-state index in [2.05, 4.69) is 10.3 Å².